The number of carbonyl (C=O) groups excluding carboxylic acids is 1. The lowest BCUT2D eigenvalue weighted by Crippen LogP contribution is -2.06. The molecule has 0 aliphatic heterocycles. The summed E-state index contributed by atoms with van der Waals surface area (Å²) in [7, 11) is 1.36. The lowest BCUT2D eigenvalue weighted by molar-refractivity contribution is 0.103. The van der Waals surface area contributed by atoms with Gasteiger partial charge in [0, 0.05) is 18.0 Å². The zero-order valence-corrected chi connectivity index (χ0v) is 10.1. The van der Waals surface area contributed by atoms with E-state index in [0.29, 0.717) is 5.56 Å². The Hall–Kier alpha value is -2.23. The second-order valence-corrected chi connectivity index (χ2v) is 3.90. The summed E-state index contributed by atoms with van der Waals surface area (Å²) in [5.74, 6) is -0.990. The van der Waals surface area contributed by atoms with Gasteiger partial charge in [-0.1, -0.05) is 6.07 Å². The monoisotopic (exact) mass is 245 g/mol. The minimum Gasteiger partial charge on any atom is -0.494 e. The summed E-state index contributed by atoms with van der Waals surface area (Å²) in [4.78, 5) is 16.1. The molecule has 0 aliphatic carbocycles. The maximum absolute atomic E-state index is 13.9. The summed E-state index contributed by atoms with van der Waals surface area (Å²) >= 11 is 0. The van der Waals surface area contributed by atoms with E-state index in [2.05, 4.69) is 4.98 Å². The van der Waals surface area contributed by atoms with Crippen molar-refractivity contribution in [2.75, 3.05) is 7.11 Å². The first-order chi connectivity index (χ1) is 8.63. The molecule has 4 heteroatoms. The van der Waals surface area contributed by atoms with Crippen LogP contribution < -0.4 is 4.74 Å². The van der Waals surface area contributed by atoms with Crippen molar-refractivity contribution < 1.29 is 13.9 Å². The summed E-state index contributed by atoms with van der Waals surface area (Å²) in [5, 5.41) is 0. The number of ketones is 1. The van der Waals surface area contributed by atoms with Crippen molar-refractivity contribution in [3.8, 4) is 5.75 Å². The van der Waals surface area contributed by atoms with Gasteiger partial charge in [0.15, 0.2) is 17.3 Å². The third-order valence-electron chi connectivity index (χ3n) is 2.56. The van der Waals surface area contributed by atoms with E-state index in [4.69, 9.17) is 4.74 Å². The number of rotatable bonds is 3. The Morgan fingerprint density at radius 3 is 2.78 bits per heavy atom. The highest BCUT2D eigenvalue weighted by Gasteiger charge is 2.17. The predicted octanol–water partition coefficient (Wildman–Crippen LogP) is 2.77. The van der Waals surface area contributed by atoms with Crippen LogP contribution in [0.15, 0.2) is 36.7 Å². The quantitative estimate of drug-likeness (QED) is 0.780. The molecular weight excluding hydrogens is 233 g/mol. The van der Waals surface area contributed by atoms with Gasteiger partial charge in [0.2, 0.25) is 0 Å². The highest BCUT2D eigenvalue weighted by molar-refractivity contribution is 6.09. The molecule has 1 aromatic heterocycles. The number of aryl methyl sites for hydroxylation is 1. The minimum absolute atomic E-state index is 0.0123. The standard InChI is InChI=1S/C14H12FNO2/c1-9-6-10(8-16-7-9)14(17)11-4-3-5-12(18-2)13(11)15/h3-8H,1-2H3. The van der Waals surface area contributed by atoms with Crippen LogP contribution in [-0.4, -0.2) is 17.9 Å². The van der Waals surface area contributed by atoms with E-state index in [0.717, 1.165) is 5.56 Å². The summed E-state index contributed by atoms with van der Waals surface area (Å²) < 4.78 is 18.8. The molecule has 0 fully saturated rings. The highest BCUT2D eigenvalue weighted by Crippen LogP contribution is 2.22. The second-order valence-electron chi connectivity index (χ2n) is 3.90. The summed E-state index contributed by atoms with van der Waals surface area (Å²) in [6.45, 7) is 1.83. The van der Waals surface area contributed by atoms with Crippen LogP contribution >= 0.6 is 0 Å². The van der Waals surface area contributed by atoms with Gasteiger partial charge in [0.05, 0.1) is 12.7 Å². The highest BCUT2D eigenvalue weighted by atomic mass is 19.1. The number of ether oxygens (including phenoxy) is 1. The lowest BCUT2D eigenvalue weighted by Gasteiger charge is -2.06. The lowest BCUT2D eigenvalue weighted by atomic mass is 10.0. The molecule has 0 bridgehead atoms. The SMILES string of the molecule is COc1cccc(C(=O)c2cncc(C)c2)c1F. The van der Waals surface area contributed by atoms with Crippen LogP contribution in [0.25, 0.3) is 0 Å². The van der Waals surface area contributed by atoms with Gasteiger partial charge in [-0.25, -0.2) is 4.39 Å². The summed E-state index contributed by atoms with van der Waals surface area (Å²) in [6.07, 6.45) is 3.06. The van der Waals surface area contributed by atoms with E-state index in [1.165, 1.54) is 25.4 Å². The van der Waals surface area contributed by atoms with Gasteiger partial charge < -0.3 is 4.74 Å². The molecule has 0 saturated heterocycles. The number of nitrogens with zero attached hydrogens (tertiary/aromatic N) is 1. The van der Waals surface area contributed by atoms with E-state index in [9.17, 15) is 9.18 Å². The van der Waals surface area contributed by atoms with Crippen LogP contribution in [0, 0.1) is 12.7 Å². The van der Waals surface area contributed by atoms with Crippen LogP contribution in [0.3, 0.4) is 0 Å². The average Bonchev–Trinajstić information content (AvgIpc) is 2.38. The van der Waals surface area contributed by atoms with Crippen molar-refractivity contribution in [2.24, 2.45) is 0 Å². The Balaban J connectivity index is 2.46. The van der Waals surface area contributed by atoms with Gasteiger partial charge in [0.1, 0.15) is 0 Å². The maximum atomic E-state index is 13.9. The zero-order valence-electron chi connectivity index (χ0n) is 10.1. The number of pyridine rings is 1. The first-order valence-corrected chi connectivity index (χ1v) is 5.42. The summed E-state index contributed by atoms with van der Waals surface area (Å²) in [6, 6.07) is 6.16. The Kier molecular flexibility index (Phi) is 3.37. The van der Waals surface area contributed by atoms with E-state index in [1.807, 2.05) is 6.92 Å². The summed E-state index contributed by atoms with van der Waals surface area (Å²) in [5.41, 5.74) is 1.20. The third-order valence-corrected chi connectivity index (χ3v) is 2.56. The number of carbonyl (C=O) groups is 1. The van der Waals surface area contributed by atoms with E-state index in [-0.39, 0.29) is 11.3 Å². The van der Waals surface area contributed by atoms with Crippen LogP contribution in [0.5, 0.6) is 5.75 Å². The molecule has 1 heterocycles. The normalized spacial score (nSPS) is 10.2. The number of benzene rings is 1. The molecule has 3 nitrogen and oxygen atoms in total. The molecule has 0 amide bonds. The second kappa shape index (κ2) is 4.96. The van der Waals surface area contributed by atoms with Gasteiger partial charge in [-0.2, -0.15) is 0 Å². The van der Waals surface area contributed by atoms with Crippen LogP contribution in [0.4, 0.5) is 4.39 Å². The molecule has 1 aromatic carbocycles. The molecule has 0 atom stereocenters. The fourth-order valence-corrected chi connectivity index (χ4v) is 1.68. The molecular formula is C14H12FNO2. The zero-order chi connectivity index (χ0) is 13.1. The largest absolute Gasteiger partial charge is 0.494 e. The molecule has 2 aromatic rings. The van der Waals surface area contributed by atoms with E-state index in [1.54, 1.807) is 18.3 Å². The smallest absolute Gasteiger partial charge is 0.197 e. The molecule has 0 unspecified atom stereocenters. The van der Waals surface area contributed by atoms with Crippen molar-refractivity contribution in [2.45, 2.75) is 6.92 Å². The fraction of sp³-hybridized carbons (Fsp3) is 0.143. The Labute approximate surface area is 104 Å². The molecule has 0 aliphatic rings. The molecule has 0 spiro atoms. The Bertz CT molecular complexity index is 596. The first kappa shape index (κ1) is 12.2. The van der Waals surface area contributed by atoms with Crippen molar-refractivity contribution in [1.82, 2.24) is 4.98 Å². The van der Waals surface area contributed by atoms with Gasteiger partial charge in [0.25, 0.3) is 0 Å². The number of halogens is 1. The number of hydrogen-bond acceptors (Lipinski definition) is 3. The Morgan fingerprint density at radius 1 is 1.33 bits per heavy atom. The van der Waals surface area contributed by atoms with Crippen molar-refractivity contribution >= 4 is 5.78 Å². The fourth-order valence-electron chi connectivity index (χ4n) is 1.68. The maximum Gasteiger partial charge on any atom is 0.197 e. The minimum atomic E-state index is -0.647. The number of hydrogen-bond donors (Lipinski definition) is 0. The van der Waals surface area contributed by atoms with Gasteiger partial charge in [-0.15, -0.1) is 0 Å². The van der Waals surface area contributed by atoms with Crippen molar-refractivity contribution in [3.63, 3.8) is 0 Å². The van der Waals surface area contributed by atoms with Gasteiger partial charge >= 0.3 is 0 Å². The van der Waals surface area contributed by atoms with Crippen molar-refractivity contribution in [3.05, 3.63) is 59.2 Å². The third kappa shape index (κ3) is 2.22. The molecule has 0 N–H and O–H groups in total. The van der Waals surface area contributed by atoms with Crippen LogP contribution in [0.1, 0.15) is 21.5 Å². The molecule has 18 heavy (non-hydrogen) atoms. The molecule has 0 radical (unpaired) electrons. The van der Waals surface area contributed by atoms with E-state index >= 15 is 0 Å². The molecule has 92 valence electrons. The first-order valence-electron chi connectivity index (χ1n) is 5.42. The topological polar surface area (TPSA) is 39.2 Å². The van der Waals surface area contributed by atoms with Crippen LogP contribution in [-0.2, 0) is 0 Å². The average molecular weight is 245 g/mol. The van der Waals surface area contributed by atoms with E-state index < -0.39 is 11.6 Å². The Morgan fingerprint density at radius 2 is 2.11 bits per heavy atom. The van der Waals surface area contributed by atoms with Gasteiger partial charge in [-0.05, 0) is 30.7 Å². The van der Waals surface area contributed by atoms with Crippen molar-refractivity contribution in [1.29, 1.82) is 0 Å². The number of aromatic nitrogens is 1. The molecule has 2 rings (SSSR count). The number of methoxy groups -OCH3 is 1. The van der Waals surface area contributed by atoms with Gasteiger partial charge in [-0.3, -0.25) is 9.78 Å². The predicted molar refractivity (Wildman–Crippen MR) is 65.4 cm³/mol. The van der Waals surface area contributed by atoms with Crippen LogP contribution in [0.2, 0.25) is 0 Å². The molecule has 0 saturated carbocycles.